The number of phenols is 1. The van der Waals surface area contributed by atoms with Crippen LogP contribution >= 0.6 is 0 Å². The first-order chi connectivity index (χ1) is 19.6. The zero-order chi connectivity index (χ0) is 29.1. The van der Waals surface area contributed by atoms with Crippen molar-refractivity contribution in [1.82, 2.24) is 4.90 Å². The monoisotopic (exact) mass is 548 g/mol. The topological polar surface area (TPSA) is 115 Å². The van der Waals surface area contributed by atoms with Gasteiger partial charge in [-0.05, 0) is 29.5 Å². The van der Waals surface area contributed by atoms with Crippen molar-refractivity contribution in [3.63, 3.8) is 0 Å². The number of aliphatic hydroxyl groups excluding tert-OH is 1. The lowest BCUT2D eigenvalue weighted by Gasteiger charge is -2.37. The molecule has 0 radical (unpaired) electrons. The lowest BCUT2D eigenvalue weighted by Crippen LogP contribution is -2.56. The first-order valence-corrected chi connectivity index (χ1v) is 13.4. The van der Waals surface area contributed by atoms with E-state index >= 15 is 0 Å². The van der Waals surface area contributed by atoms with Gasteiger partial charge in [0.25, 0.3) is 11.7 Å². The second kappa shape index (κ2) is 9.30. The number of hydrogen-bond acceptors (Lipinski definition) is 6. The molecule has 1 atom stereocenters. The summed E-state index contributed by atoms with van der Waals surface area (Å²) >= 11 is 0. The van der Waals surface area contributed by atoms with Crippen molar-refractivity contribution in [2.24, 2.45) is 5.41 Å². The van der Waals surface area contributed by atoms with Gasteiger partial charge in [0.15, 0.2) is 11.3 Å². The molecule has 1 fully saturated rings. The summed E-state index contributed by atoms with van der Waals surface area (Å²) in [5, 5.41) is 22.5. The summed E-state index contributed by atoms with van der Waals surface area (Å²) in [6.45, 7) is 3.93. The van der Waals surface area contributed by atoms with Gasteiger partial charge in [-0.1, -0.05) is 86.6 Å². The Morgan fingerprint density at radius 1 is 0.829 bits per heavy atom. The Morgan fingerprint density at radius 3 is 2.10 bits per heavy atom. The van der Waals surface area contributed by atoms with Crippen LogP contribution in [0.2, 0.25) is 0 Å². The van der Waals surface area contributed by atoms with Gasteiger partial charge < -0.3 is 15.1 Å². The fraction of sp³-hybridized carbons (Fsp3) is 0.212. The number of aromatic hydroxyl groups is 1. The number of allylic oxidation sites excluding steroid dienone is 1. The highest BCUT2D eigenvalue weighted by molar-refractivity contribution is 6.56. The zero-order valence-corrected chi connectivity index (χ0v) is 22.6. The maximum Gasteiger partial charge on any atom is 0.300 e. The van der Waals surface area contributed by atoms with Crippen LogP contribution in [0, 0.1) is 5.41 Å². The number of hydrogen-bond donors (Lipinski definition) is 2. The molecule has 1 aliphatic carbocycles. The molecule has 2 heterocycles. The highest BCUT2D eigenvalue weighted by Gasteiger charge is 2.71. The first kappa shape index (κ1) is 26.3. The molecule has 3 aliphatic rings. The van der Waals surface area contributed by atoms with Crippen LogP contribution in [0.1, 0.15) is 37.8 Å². The Balaban J connectivity index is 1.72. The molecule has 0 saturated carbocycles. The Morgan fingerprint density at radius 2 is 1.44 bits per heavy atom. The number of nitrogens with zero attached hydrogens (tertiary/aromatic N) is 2. The fourth-order valence-corrected chi connectivity index (χ4v) is 6.33. The van der Waals surface area contributed by atoms with Crippen molar-refractivity contribution in [3.05, 3.63) is 113 Å². The molecular weight excluding hydrogens is 520 g/mol. The van der Waals surface area contributed by atoms with E-state index in [2.05, 4.69) is 0 Å². The van der Waals surface area contributed by atoms with Crippen LogP contribution < -0.4 is 4.90 Å². The molecule has 1 saturated heterocycles. The van der Waals surface area contributed by atoms with E-state index in [9.17, 15) is 29.4 Å². The van der Waals surface area contributed by atoms with Crippen LogP contribution in [0.25, 0.3) is 5.76 Å². The third-order valence-electron chi connectivity index (χ3n) is 8.01. The summed E-state index contributed by atoms with van der Waals surface area (Å²) in [6.07, 6.45) is 0.390. The van der Waals surface area contributed by atoms with Crippen molar-refractivity contribution in [1.29, 1.82) is 0 Å². The molecule has 2 aliphatic heterocycles. The van der Waals surface area contributed by atoms with Crippen molar-refractivity contribution >= 4 is 34.8 Å². The number of benzene rings is 3. The molecule has 1 spiro atoms. The second-order valence-electron chi connectivity index (χ2n) is 11.4. The summed E-state index contributed by atoms with van der Waals surface area (Å²) in [5.41, 5.74) is -2.03. The Labute approximate surface area is 236 Å². The highest BCUT2D eigenvalue weighted by atomic mass is 16.3. The molecule has 2 N–H and O–H groups in total. The minimum absolute atomic E-state index is 0.0160. The van der Waals surface area contributed by atoms with Gasteiger partial charge >= 0.3 is 5.91 Å². The fourth-order valence-electron chi connectivity index (χ4n) is 6.33. The van der Waals surface area contributed by atoms with Crippen molar-refractivity contribution in [2.75, 3.05) is 4.90 Å². The number of aliphatic hydroxyl groups is 1. The molecule has 1 unspecified atom stereocenters. The Bertz CT molecular complexity index is 1690. The van der Waals surface area contributed by atoms with E-state index in [0.717, 1.165) is 10.5 Å². The molecule has 0 bridgehead atoms. The number of para-hydroxylation sites is 2. The van der Waals surface area contributed by atoms with Gasteiger partial charge in [0.1, 0.15) is 11.5 Å². The van der Waals surface area contributed by atoms with Gasteiger partial charge in [0.05, 0.1) is 23.4 Å². The maximum atomic E-state index is 14.9. The third-order valence-corrected chi connectivity index (χ3v) is 8.01. The van der Waals surface area contributed by atoms with Gasteiger partial charge in [0.2, 0.25) is 0 Å². The highest BCUT2D eigenvalue weighted by Crippen LogP contribution is 2.56. The summed E-state index contributed by atoms with van der Waals surface area (Å²) in [7, 11) is 0. The normalized spacial score (nSPS) is 23.1. The smallest absolute Gasteiger partial charge is 0.300 e. The number of ketones is 2. The Kier molecular flexibility index (Phi) is 5.95. The van der Waals surface area contributed by atoms with E-state index in [4.69, 9.17) is 0 Å². The molecule has 3 aromatic rings. The number of anilines is 1. The van der Waals surface area contributed by atoms with E-state index in [1.165, 1.54) is 17.0 Å². The minimum atomic E-state index is -2.30. The predicted octanol–water partition coefficient (Wildman–Crippen LogP) is 4.70. The quantitative estimate of drug-likeness (QED) is 0.277. The molecular formula is C33H28N2O6. The molecule has 6 rings (SSSR count). The van der Waals surface area contributed by atoms with Crippen molar-refractivity contribution in [3.8, 4) is 5.75 Å². The van der Waals surface area contributed by atoms with Crippen LogP contribution in [0.3, 0.4) is 0 Å². The van der Waals surface area contributed by atoms with Crippen LogP contribution in [0.4, 0.5) is 5.69 Å². The van der Waals surface area contributed by atoms with E-state index in [1.807, 2.05) is 44.2 Å². The lowest BCUT2D eigenvalue weighted by molar-refractivity contribution is -0.133. The van der Waals surface area contributed by atoms with Gasteiger partial charge in [-0.15, -0.1) is 0 Å². The van der Waals surface area contributed by atoms with Crippen LogP contribution in [0.15, 0.2) is 102 Å². The summed E-state index contributed by atoms with van der Waals surface area (Å²) in [6, 6.07) is 23.2. The van der Waals surface area contributed by atoms with E-state index in [1.54, 1.807) is 42.5 Å². The molecule has 3 aromatic carbocycles. The largest absolute Gasteiger partial charge is 0.507 e. The molecule has 8 heteroatoms. The molecule has 8 nitrogen and oxygen atoms in total. The molecule has 41 heavy (non-hydrogen) atoms. The zero-order valence-electron chi connectivity index (χ0n) is 22.6. The van der Waals surface area contributed by atoms with Gasteiger partial charge in [-0.3, -0.25) is 24.1 Å². The first-order valence-electron chi connectivity index (χ1n) is 13.4. The number of Topliss-reactive ketones (excluding diaryl/α,β-unsaturated/α-hetero) is 2. The van der Waals surface area contributed by atoms with Crippen molar-refractivity contribution < 1.29 is 29.4 Å². The third kappa shape index (κ3) is 3.82. The van der Waals surface area contributed by atoms with E-state index in [-0.39, 0.29) is 35.5 Å². The summed E-state index contributed by atoms with van der Waals surface area (Å²) in [4.78, 5) is 59.2. The number of carbonyl (C=O) groups excluding carboxylic acids is 4. The summed E-state index contributed by atoms with van der Waals surface area (Å²) in [5.74, 6) is -4.27. The van der Waals surface area contributed by atoms with Crippen LogP contribution in [-0.2, 0) is 25.7 Å². The number of amides is 2. The average molecular weight is 549 g/mol. The van der Waals surface area contributed by atoms with E-state index < -0.39 is 45.7 Å². The maximum absolute atomic E-state index is 14.9. The SMILES string of the molecule is CC1(C)CC(=O)C2=C(C1)N(Cc1ccccc1)C(=O)C21/C(=C(\O)c2ccccc2)C(=O)C(=O)N1c1ccccc1O. The molecule has 2 amide bonds. The summed E-state index contributed by atoms with van der Waals surface area (Å²) < 4.78 is 0. The number of rotatable bonds is 4. The predicted molar refractivity (Wildman–Crippen MR) is 151 cm³/mol. The second-order valence-corrected chi connectivity index (χ2v) is 11.4. The van der Waals surface area contributed by atoms with Crippen molar-refractivity contribution in [2.45, 2.75) is 38.8 Å². The minimum Gasteiger partial charge on any atom is -0.507 e. The van der Waals surface area contributed by atoms with E-state index in [0.29, 0.717) is 12.1 Å². The lowest BCUT2D eigenvalue weighted by atomic mass is 9.70. The standard InChI is InChI=1S/C33H28N2O6/c1-32(2)17-23-26(25(37)18-32)33(31(41)34(23)19-20-11-5-3-6-12-20)27(28(38)21-13-7-4-8-14-21)29(39)30(40)35(33)22-15-9-10-16-24(22)36/h3-16,36,38H,17-19H2,1-2H3/b28-27-. The molecule has 0 aromatic heterocycles. The van der Waals surface area contributed by atoms with Gasteiger partial charge in [-0.25, -0.2) is 0 Å². The number of fused-ring (bicyclic) bond motifs is 1. The van der Waals surface area contributed by atoms with Gasteiger partial charge in [-0.2, -0.15) is 0 Å². The van der Waals surface area contributed by atoms with Gasteiger partial charge in [0, 0.05) is 17.7 Å². The van der Waals surface area contributed by atoms with Crippen LogP contribution in [-0.4, -0.2) is 44.0 Å². The molecule has 206 valence electrons. The number of carbonyl (C=O) groups is 4. The average Bonchev–Trinajstić information content (AvgIpc) is 3.31. The number of phenolic OH excluding ortho intramolecular Hbond substituents is 1. The van der Waals surface area contributed by atoms with Crippen LogP contribution in [0.5, 0.6) is 5.75 Å². The Hall–Kier alpha value is -4.98.